The fourth-order valence-corrected chi connectivity index (χ4v) is 3.63. The second-order valence-corrected chi connectivity index (χ2v) is 6.16. The molecule has 0 aromatic carbocycles. The van der Waals surface area contributed by atoms with Crippen LogP contribution in [0.3, 0.4) is 0 Å². The number of nitrogens with zero attached hydrogens (tertiary/aromatic N) is 1. The Balaban J connectivity index is 3.00. The highest BCUT2D eigenvalue weighted by Crippen LogP contribution is 2.42. The Bertz CT molecular complexity index is 237. The highest BCUT2D eigenvalue weighted by molar-refractivity contribution is 5.75. The molecule has 0 N–H and O–H groups in total. The first-order valence-electron chi connectivity index (χ1n) is 6.01. The molecule has 2 heteroatoms. The molecule has 1 aliphatic rings. The molecular formula is C13H25NO. The van der Waals surface area contributed by atoms with Gasteiger partial charge >= 0.3 is 0 Å². The molecule has 0 bridgehead atoms. The van der Waals surface area contributed by atoms with E-state index in [1.807, 2.05) is 0 Å². The van der Waals surface area contributed by atoms with Crippen LogP contribution in [-0.4, -0.2) is 21.9 Å². The zero-order valence-electron chi connectivity index (χ0n) is 11.1. The van der Waals surface area contributed by atoms with E-state index in [1.165, 1.54) is 6.42 Å². The van der Waals surface area contributed by atoms with Crippen LogP contribution in [0.2, 0.25) is 0 Å². The van der Waals surface area contributed by atoms with Crippen LogP contribution in [0.4, 0.5) is 0 Å². The average molecular weight is 211 g/mol. The van der Waals surface area contributed by atoms with Crippen LogP contribution in [0, 0.1) is 5.92 Å². The fraction of sp³-hybridized carbons (Fsp3) is 0.923. The molecule has 0 spiro atoms. The van der Waals surface area contributed by atoms with Gasteiger partial charge in [0.05, 0.1) is 0 Å². The van der Waals surface area contributed by atoms with Crippen molar-refractivity contribution in [3.63, 3.8) is 0 Å². The van der Waals surface area contributed by atoms with Gasteiger partial charge in [0.2, 0.25) is 5.91 Å². The lowest BCUT2D eigenvalue weighted by atomic mass is 9.73. The molecule has 1 aliphatic heterocycles. The number of rotatable bonds is 1. The molecule has 15 heavy (non-hydrogen) atoms. The predicted molar refractivity (Wildman–Crippen MR) is 63.7 cm³/mol. The molecule has 2 nitrogen and oxygen atoms in total. The van der Waals surface area contributed by atoms with Crippen molar-refractivity contribution < 1.29 is 4.79 Å². The first kappa shape index (κ1) is 12.5. The number of amides is 1. The van der Waals surface area contributed by atoms with Gasteiger partial charge in [-0.1, -0.05) is 13.3 Å². The van der Waals surface area contributed by atoms with Crippen LogP contribution in [0.1, 0.15) is 60.8 Å². The third-order valence-corrected chi connectivity index (χ3v) is 3.68. The van der Waals surface area contributed by atoms with E-state index in [0.717, 1.165) is 18.8 Å². The molecule has 1 rings (SSSR count). The zero-order valence-corrected chi connectivity index (χ0v) is 11.1. The smallest absolute Gasteiger partial charge is 0.220 e. The molecule has 1 amide bonds. The largest absolute Gasteiger partial charge is 0.333 e. The summed E-state index contributed by atoms with van der Waals surface area (Å²) in [4.78, 5) is 13.8. The molecular weight excluding hydrogens is 186 g/mol. The molecule has 0 aliphatic carbocycles. The van der Waals surface area contributed by atoms with Gasteiger partial charge in [-0.3, -0.25) is 4.79 Å². The Labute approximate surface area is 94.0 Å². The summed E-state index contributed by atoms with van der Waals surface area (Å²) in [7, 11) is 0. The maximum Gasteiger partial charge on any atom is 0.220 e. The Morgan fingerprint density at radius 1 is 1.20 bits per heavy atom. The van der Waals surface area contributed by atoms with E-state index in [0.29, 0.717) is 0 Å². The summed E-state index contributed by atoms with van der Waals surface area (Å²) in [6, 6.07) is 0. The maximum absolute atomic E-state index is 11.8. The minimum Gasteiger partial charge on any atom is -0.333 e. The molecule has 0 aromatic heterocycles. The van der Waals surface area contributed by atoms with Crippen molar-refractivity contribution in [2.24, 2.45) is 5.92 Å². The predicted octanol–water partition coefficient (Wildman–Crippen LogP) is 3.21. The zero-order chi connectivity index (χ0) is 11.9. The van der Waals surface area contributed by atoms with Gasteiger partial charge in [0.1, 0.15) is 0 Å². The minimum absolute atomic E-state index is 0.00819. The second kappa shape index (κ2) is 3.80. The van der Waals surface area contributed by atoms with Crippen LogP contribution in [0.5, 0.6) is 0 Å². The Morgan fingerprint density at radius 3 is 1.87 bits per heavy atom. The van der Waals surface area contributed by atoms with E-state index < -0.39 is 0 Å². The van der Waals surface area contributed by atoms with E-state index in [9.17, 15) is 4.79 Å². The van der Waals surface area contributed by atoms with E-state index in [1.54, 1.807) is 6.92 Å². The summed E-state index contributed by atoms with van der Waals surface area (Å²) in [6.45, 7) is 12.7. The molecule has 0 atom stereocenters. The molecule has 0 radical (unpaired) electrons. The highest BCUT2D eigenvalue weighted by Gasteiger charge is 2.45. The third kappa shape index (κ3) is 2.35. The van der Waals surface area contributed by atoms with E-state index in [-0.39, 0.29) is 17.0 Å². The van der Waals surface area contributed by atoms with Crippen molar-refractivity contribution in [3.05, 3.63) is 0 Å². The molecule has 0 saturated carbocycles. The first-order chi connectivity index (χ1) is 6.70. The van der Waals surface area contributed by atoms with E-state index in [2.05, 4.69) is 39.5 Å². The summed E-state index contributed by atoms with van der Waals surface area (Å²) in [5, 5.41) is 0. The summed E-state index contributed by atoms with van der Waals surface area (Å²) < 4.78 is 0. The number of likely N-dealkylation sites (tertiary alicyclic amines) is 1. The van der Waals surface area contributed by atoms with Gasteiger partial charge in [-0.15, -0.1) is 0 Å². The van der Waals surface area contributed by atoms with Gasteiger partial charge in [-0.25, -0.2) is 0 Å². The Kier molecular flexibility index (Phi) is 3.18. The lowest BCUT2D eigenvalue weighted by Crippen LogP contribution is -2.62. The third-order valence-electron chi connectivity index (χ3n) is 3.68. The van der Waals surface area contributed by atoms with Gasteiger partial charge < -0.3 is 4.90 Å². The number of carbonyl (C=O) groups is 1. The summed E-state index contributed by atoms with van der Waals surface area (Å²) in [5.74, 6) is 0.963. The lowest BCUT2D eigenvalue weighted by Gasteiger charge is -2.55. The van der Waals surface area contributed by atoms with Crippen LogP contribution in [0.15, 0.2) is 0 Å². The quantitative estimate of drug-likeness (QED) is 0.652. The molecule has 1 heterocycles. The SMILES string of the molecule is CCC1CC(C)(C)N(C(C)=O)C(C)(C)C1. The van der Waals surface area contributed by atoms with Gasteiger partial charge in [-0.2, -0.15) is 0 Å². The first-order valence-corrected chi connectivity index (χ1v) is 6.01. The molecule has 0 unspecified atom stereocenters. The van der Waals surface area contributed by atoms with Crippen LogP contribution in [-0.2, 0) is 4.79 Å². The number of piperidine rings is 1. The maximum atomic E-state index is 11.8. The van der Waals surface area contributed by atoms with Crippen LogP contribution < -0.4 is 0 Å². The number of carbonyl (C=O) groups excluding carboxylic acids is 1. The fourth-order valence-electron chi connectivity index (χ4n) is 3.63. The van der Waals surface area contributed by atoms with Gasteiger partial charge in [0, 0.05) is 18.0 Å². The molecule has 1 fully saturated rings. The summed E-state index contributed by atoms with van der Waals surface area (Å²) in [5.41, 5.74) is 0.0164. The average Bonchev–Trinajstić information content (AvgIpc) is 1.97. The van der Waals surface area contributed by atoms with Crippen molar-refractivity contribution in [1.82, 2.24) is 4.90 Å². The topological polar surface area (TPSA) is 20.3 Å². The summed E-state index contributed by atoms with van der Waals surface area (Å²) in [6.07, 6.45) is 3.48. The standard InChI is InChI=1S/C13H25NO/c1-7-11-8-12(3,4)14(10(2)15)13(5,6)9-11/h11H,7-9H2,1-6H3. The van der Waals surface area contributed by atoms with E-state index >= 15 is 0 Å². The number of hydrogen-bond donors (Lipinski definition) is 0. The van der Waals surface area contributed by atoms with E-state index in [4.69, 9.17) is 0 Å². The van der Waals surface area contributed by atoms with Crippen LogP contribution >= 0.6 is 0 Å². The van der Waals surface area contributed by atoms with Crippen molar-refractivity contribution in [2.75, 3.05) is 0 Å². The van der Waals surface area contributed by atoms with Crippen molar-refractivity contribution in [1.29, 1.82) is 0 Å². The minimum atomic E-state index is 0.00819. The summed E-state index contributed by atoms with van der Waals surface area (Å²) >= 11 is 0. The molecule has 1 saturated heterocycles. The van der Waals surface area contributed by atoms with Gasteiger partial charge in [-0.05, 0) is 46.5 Å². The Hall–Kier alpha value is -0.530. The lowest BCUT2D eigenvalue weighted by molar-refractivity contribution is -0.149. The van der Waals surface area contributed by atoms with Crippen molar-refractivity contribution in [3.8, 4) is 0 Å². The Morgan fingerprint density at radius 2 is 1.60 bits per heavy atom. The van der Waals surface area contributed by atoms with Crippen molar-refractivity contribution in [2.45, 2.75) is 71.9 Å². The van der Waals surface area contributed by atoms with Gasteiger partial charge in [0.25, 0.3) is 0 Å². The van der Waals surface area contributed by atoms with Crippen LogP contribution in [0.25, 0.3) is 0 Å². The highest BCUT2D eigenvalue weighted by atomic mass is 16.2. The monoisotopic (exact) mass is 211 g/mol. The number of hydrogen-bond acceptors (Lipinski definition) is 1. The van der Waals surface area contributed by atoms with Gasteiger partial charge in [0.15, 0.2) is 0 Å². The molecule has 0 aromatic rings. The second-order valence-electron chi connectivity index (χ2n) is 6.16. The van der Waals surface area contributed by atoms with Crippen molar-refractivity contribution >= 4 is 5.91 Å². The molecule has 88 valence electrons. The normalized spacial score (nSPS) is 25.3.